The molecule has 3 N–H and O–H groups in total. The van der Waals surface area contributed by atoms with Crippen LogP contribution >= 0.6 is 15.9 Å². The predicted molar refractivity (Wildman–Crippen MR) is 93.2 cm³/mol. The molecule has 1 aromatic rings. The Kier molecular flexibility index (Phi) is 5.29. The van der Waals surface area contributed by atoms with Crippen molar-refractivity contribution in [2.45, 2.75) is 63.6 Å². The summed E-state index contributed by atoms with van der Waals surface area (Å²) in [6.45, 7) is 10.1. The van der Waals surface area contributed by atoms with Crippen LogP contribution in [-0.4, -0.2) is 46.6 Å². The first kappa shape index (κ1) is 19.5. The smallest absolute Gasteiger partial charge is 0.330 e. The van der Waals surface area contributed by atoms with Gasteiger partial charge in [0.15, 0.2) is 20.8 Å². The van der Waals surface area contributed by atoms with Crippen LogP contribution in [0.3, 0.4) is 0 Å². The number of aliphatic hydroxyl groups is 2. The highest BCUT2D eigenvalue weighted by molar-refractivity contribution is 9.10. The quantitative estimate of drug-likeness (QED) is 0.623. The van der Waals surface area contributed by atoms with Crippen LogP contribution in [0, 0.1) is 0 Å². The molecule has 0 saturated carbocycles. The highest BCUT2D eigenvalue weighted by Gasteiger charge is 2.50. The van der Waals surface area contributed by atoms with E-state index in [1.54, 1.807) is 0 Å². The van der Waals surface area contributed by atoms with Crippen molar-refractivity contribution >= 4 is 24.2 Å². The molecule has 0 bridgehead atoms. The second-order valence-corrected chi connectivity index (χ2v) is 13.0. The molecule has 1 saturated heterocycles. The highest BCUT2D eigenvalue weighted by Crippen LogP contribution is 2.41. The van der Waals surface area contributed by atoms with E-state index in [9.17, 15) is 19.8 Å². The van der Waals surface area contributed by atoms with Crippen LogP contribution in [0.15, 0.2) is 20.3 Å². The van der Waals surface area contributed by atoms with Gasteiger partial charge in [-0.05, 0) is 34.1 Å². The number of nitrogens with one attached hydrogen (secondary N) is 1. The number of hydrogen-bond donors (Lipinski definition) is 3. The SMILES string of the molecule is CC(C)(C)[Si](C)(C)OC1[C@@H](O)[C@@H](O)O[C@H]1n1cc(Br)c(=O)[nH]c1=O. The van der Waals surface area contributed by atoms with Gasteiger partial charge in [-0.2, -0.15) is 0 Å². The van der Waals surface area contributed by atoms with Crippen LogP contribution in [-0.2, 0) is 9.16 Å². The maximum Gasteiger partial charge on any atom is 0.330 e. The van der Waals surface area contributed by atoms with Crippen molar-refractivity contribution in [3.05, 3.63) is 31.5 Å². The summed E-state index contributed by atoms with van der Waals surface area (Å²) in [6.07, 6.45) is -3.51. The number of H-pyrrole nitrogens is 1. The second kappa shape index (κ2) is 6.50. The minimum absolute atomic E-state index is 0.132. The lowest BCUT2D eigenvalue weighted by molar-refractivity contribution is -0.142. The summed E-state index contributed by atoms with van der Waals surface area (Å²) in [5.74, 6) is 0. The first-order chi connectivity index (χ1) is 10.8. The lowest BCUT2D eigenvalue weighted by atomic mass is 10.2. The van der Waals surface area contributed by atoms with Crippen LogP contribution in [0.1, 0.15) is 27.0 Å². The van der Waals surface area contributed by atoms with Crippen LogP contribution in [0.5, 0.6) is 0 Å². The van der Waals surface area contributed by atoms with E-state index in [2.05, 4.69) is 20.9 Å². The number of nitrogens with zero attached hydrogens (tertiary/aromatic N) is 1. The summed E-state index contributed by atoms with van der Waals surface area (Å²) < 4.78 is 12.7. The topological polar surface area (TPSA) is 114 Å². The Morgan fingerprint density at radius 2 is 1.92 bits per heavy atom. The van der Waals surface area contributed by atoms with Gasteiger partial charge < -0.3 is 19.4 Å². The van der Waals surface area contributed by atoms with Gasteiger partial charge >= 0.3 is 5.69 Å². The van der Waals surface area contributed by atoms with Crippen molar-refractivity contribution in [3.8, 4) is 0 Å². The molecular formula is C14H23BrN2O6Si. The van der Waals surface area contributed by atoms with E-state index in [4.69, 9.17) is 9.16 Å². The third-order valence-electron chi connectivity index (χ3n) is 4.62. The fraction of sp³-hybridized carbons (Fsp3) is 0.714. The summed E-state index contributed by atoms with van der Waals surface area (Å²) in [4.78, 5) is 25.7. The molecule has 10 heteroatoms. The van der Waals surface area contributed by atoms with Crippen molar-refractivity contribution in [1.29, 1.82) is 0 Å². The van der Waals surface area contributed by atoms with Crippen LogP contribution < -0.4 is 11.2 Å². The van der Waals surface area contributed by atoms with Crippen LogP contribution in [0.25, 0.3) is 0 Å². The maximum absolute atomic E-state index is 12.1. The van der Waals surface area contributed by atoms with E-state index in [0.717, 1.165) is 4.57 Å². The zero-order chi connectivity index (χ0) is 18.4. The zero-order valence-electron chi connectivity index (χ0n) is 14.2. The van der Waals surface area contributed by atoms with E-state index < -0.39 is 44.3 Å². The molecule has 1 aliphatic rings. The Morgan fingerprint density at radius 1 is 1.33 bits per heavy atom. The Hall–Kier alpha value is -0.783. The van der Waals surface area contributed by atoms with Gasteiger partial charge in [-0.15, -0.1) is 0 Å². The molecule has 1 fully saturated rings. The maximum atomic E-state index is 12.1. The van der Waals surface area contributed by atoms with E-state index >= 15 is 0 Å². The molecule has 4 atom stereocenters. The predicted octanol–water partition coefficient (Wildman–Crippen LogP) is 0.898. The molecule has 1 aliphatic heterocycles. The Bertz CT molecular complexity index is 725. The first-order valence-corrected chi connectivity index (χ1v) is 11.3. The van der Waals surface area contributed by atoms with Crippen molar-refractivity contribution in [2.75, 3.05) is 0 Å². The van der Waals surface area contributed by atoms with Gasteiger partial charge in [-0.3, -0.25) is 14.3 Å². The van der Waals surface area contributed by atoms with Crippen molar-refractivity contribution in [3.63, 3.8) is 0 Å². The Labute approximate surface area is 148 Å². The lowest BCUT2D eigenvalue weighted by Gasteiger charge is -2.40. The number of halogens is 1. The zero-order valence-corrected chi connectivity index (χ0v) is 16.8. The molecule has 0 aromatic carbocycles. The monoisotopic (exact) mass is 422 g/mol. The number of aliphatic hydroxyl groups excluding tert-OH is 2. The molecule has 8 nitrogen and oxygen atoms in total. The first-order valence-electron chi connectivity index (χ1n) is 7.55. The minimum Gasteiger partial charge on any atom is -0.406 e. The normalized spacial score (nSPS) is 28.3. The number of ether oxygens (including phenoxy) is 1. The fourth-order valence-electron chi connectivity index (χ4n) is 2.15. The van der Waals surface area contributed by atoms with Gasteiger partial charge in [0, 0.05) is 6.20 Å². The van der Waals surface area contributed by atoms with Gasteiger partial charge in [0.05, 0.1) is 4.47 Å². The molecule has 24 heavy (non-hydrogen) atoms. The van der Waals surface area contributed by atoms with Crippen molar-refractivity contribution in [1.82, 2.24) is 9.55 Å². The van der Waals surface area contributed by atoms with Crippen LogP contribution in [0.4, 0.5) is 0 Å². The summed E-state index contributed by atoms with van der Waals surface area (Å²) in [5, 5.41) is 20.0. The van der Waals surface area contributed by atoms with Gasteiger partial charge in [0.2, 0.25) is 0 Å². The van der Waals surface area contributed by atoms with Crippen LogP contribution in [0.2, 0.25) is 18.1 Å². The summed E-state index contributed by atoms with van der Waals surface area (Å²) in [5.41, 5.74) is -1.28. The molecule has 1 unspecified atom stereocenters. The summed E-state index contributed by atoms with van der Waals surface area (Å²) >= 11 is 3.05. The van der Waals surface area contributed by atoms with E-state index in [1.807, 2.05) is 33.9 Å². The standard InChI is InChI=1S/C14H23BrN2O6Si/c1-14(2,3)24(4,5)23-9-8(18)12(20)22-11(9)17-6-7(15)10(19)16-13(17)21/h6,8-9,11-12,18,20H,1-5H3,(H,16,19,21)/t8-,9?,11-,12+/m1/s1. The molecule has 0 spiro atoms. The van der Waals surface area contributed by atoms with Crippen molar-refractivity contribution < 1.29 is 19.4 Å². The molecule has 0 radical (unpaired) electrons. The van der Waals surface area contributed by atoms with Gasteiger partial charge in [0.25, 0.3) is 5.56 Å². The third kappa shape index (κ3) is 3.58. The minimum atomic E-state index is -2.31. The largest absolute Gasteiger partial charge is 0.406 e. The summed E-state index contributed by atoms with van der Waals surface area (Å²) in [7, 11) is -2.31. The molecule has 2 heterocycles. The second-order valence-electron chi connectivity index (χ2n) is 7.39. The number of hydrogen-bond acceptors (Lipinski definition) is 6. The number of aromatic amines is 1. The van der Waals surface area contributed by atoms with Gasteiger partial charge in [0.1, 0.15) is 12.2 Å². The molecule has 2 rings (SSSR count). The molecule has 0 amide bonds. The molecular weight excluding hydrogens is 400 g/mol. The highest BCUT2D eigenvalue weighted by atomic mass is 79.9. The van der Waals surface area contributed by atoms with Crippen molar-refractivity contribution in [2.24, 2.45) is 0 Å². The number of aromatic nitrogens is 2. The van der Waals surface area contributed by atoms with E-state index in [0.29, 0.717) is 0 Å². The number of rotatable bonds is 3. The molecule has 1 aromatic heterocycles. The van der Waals surface area contributed by atoms with Gasteiger partial charge in [-0.1, -0.05) is 20.8 Å². The van der Waals surface area contributed by atoms with Gasteiger partial charge in [-0.25, -0.2) is 4.79 Å². The summed E-state index contributed by atoms with van der Waals surface area (Å²) in [6, 6.07) is 0. The third-order valence-corrected chi connectivity index (χ3v) is 9.66. The van der Waals surface area contributed by atoms with E-state index in [-0.39, 0.29) is 9.51 Å². The lowest BCUT2D eigenvalue weighted by Crippen LogP contribution is -2.49. The molecule has 136 valence electrons. The average molecular weight is 423 g/mol. The Morgan fingerprint density at radius 3 is 2.46 bits per heavy atom. The van der Waals surface area contributed by atoms with E-state index in [1.165, 1.54) is 6.20 Å². The average Bonchev–Trinajstić information content (AvgIpc) is 2.69. The Balaban J connectivity index is 2.44. The fourth-order valence-corrected chi connectivity index (χ4v) is 3.76. The molecule has 0 aliphatic carbocycles.